The zero-order valence-electron chi connectivity index (χ0n) is 14.3. The first kappa shape index (κ1) is 16.7. The third-order valence-corrected chi connectivity index (χ3v) is 3.98. The smallest absolute Gasteiger partial charge is 0.319 e. The van der Waals surface area contributed by atoms with E-state index in [1.165, 1.54) is 17.3 Å². The Balaban J connectivity index is 1.43. The summed E-state index contributed by atoms with van der Waals surface area (Å²) in [4.78, 5) is 32.5. The van der Waals surface area contributed by atoms with E-state index in [1.54, 1.807) is 42.6 Å². The van der Waals surface area contributed by atoms with Gasteiger partial charge in [-0.15, -0.1) is 0 Å². The van der Waals surface area contributed by atoms with E-state index >= 15 is 0 Å². The van der Waals surface area contributed by atoms with E-state index in [1.807, 2.05) is 0 Å². The minimum Gasteiger partial charge on any atom is -0.335 e. The van der Waals surface area contributed by atoms with Crippen LogP contribution in [0.25, 0.3) is 5.82 Å². The van der Waals surface area contributed by atoms with Crippen LogP contribution >= 0.6 is 0 Å². The largest absolute Gasteiger partial charge is 0.335 e. The molecule has 27 heavy (non-hydrogen) atoms. The summed E-state index contributed by atoms with van der Waals surface area (Å²) in [6, 6.07) is 10.3. The van der Waals surface area contributed by atoms with Gasteiger partial charge in [-0.05, 0) is 49.2 Å². The maximum atomic E-state index is 12.6. The van der Waals surface area contributed by atoms with Crippen molar-refractivity contribution in [2.24, 2.45) is 0 Å². The first-order valence-corrected chi connectivity index (χ1v) is 8.48. The van der Waals surface area contributed by atoms with Crippen molar-refractivity contribution in [3.63, 3.8) is 0 Å². The number of urea groups is 1. The molecule has 1 saturated carbocycles. The highest BCUT2D eigenvalue weighted by Gasteiger charge is 2.23. The van der Waals surface area contributed by atoms with Crippen molar-refractivity contribution in [2.75, 3.05) is 10.6 Å². The lowest BCUT2D eigenvalue weighted by Crippen LogP contribution is -2.30. The number of hydrogen-bond acceptors (Lipinski definition) is 5. The Bertz CT molecular complexity index is 950. The molecule has 3 amide bonds. The van der Waals surface area contributed by atoms with Gasteiger partial charge in [0.25, 0.3) is 5.91 Å². The number of rotatable bonds is 5. The number of carbonyl (C=O) groups excluding carboxylic acids is 2. The number of amides is 3. The van der Waals surface area contributed by atoms with Gasteiger partial charge in [0.05, 0.1) is 5.56 Å². The lowest BCUT2D eigenvalue weighted by Gasteiger charge is -2.10. The van der Waals surface area contributed by atoms with Crippen LogP contribution in [0.5, 0.6) is 0 Å². The van der Waals surface area contributed by atoms with Crippen molar-refractivity contribution in [1.29, 1.82) is 0 Å². The molecule has 4 rings (SSSR count). The van der Waals surface area contributed by atoms with E-state index in [2.05, 4.69) is 31.0 Å². The lowest BCUT2D eigenvalue weighted by atomic mass is 10.2. The van der Waals surface area contributed by atoms with Crippen molar-refractivity contribution in [2.45, 2.75) is 18.9 Å². The molecule has 2 aromatic heterocycles. The molecule has 0 saturated heterocycles. The second-order valence-electron chi connectivity index (χ2n) is 6.12. The molecule has 0 aliphatic heterocycles. The molecule has 0 spiro atoms. The maximum absolute atomic E-state index is 12.6. The van der Waals surface area contributed by atoms with Crippen LogP contribution in [0.2, 0.25) is 0 Å². The number of anilines is 2. The Labute approximate surface area is 154 Å². The van der Waals surface area contributed by atoms with Gasteiger partial charge in [0.15, 0.2) is 5.82 Å². The van der Waals surface area contributed by atoms with Crippen molar-refractivity contribution >= 4 is 23.3 Å². The Morgan fingerprint density at radius 2 is 1.78 bits per heavy atom. The predicted molar refractivity (Wildman–Crippen MR) is 98.7 cm³/mol. The SMILES string of the molecule is O=C(Nc1ccc(NC(=O)c2cccnc2-n2cncn2)cc1)NC1CC1. The Kier molecular flexibility index (Phi) is 4.48. The molecule has 3 N–H and O–H groups in total. The number of carbonyl (C=O) groups is 2. The minimum atomic E-state index is -0.319. The molecular weight excluding hydrogens is 346 g/mol. The van der Waals surface area contributed by atoms with E-state index in [4.69, 9.17) is 0 Å². The summed E-state index contributed by atoms with van der Waals surface area (Å²) in [7, 11) is 0. The summed E-state index contributed by atoms with van der Waals surface area (Å²) in [6.07, 6.45) is 6.50. The molecule has 1 fully saturated rings. The van der Waals surface area contributed by atoms with Crippen LogP contribution in [0.15, 0.2) is 55.2 Å². The molecule has 0 radical (unpaired) electrons. The van der Waals surface area contributed by atoms with Crippen LogP contribution in [0.1, 0.15) is 23.2 Å². The second-order valence-corrected chi connectivity index (χ2v) is 6.12. The highest BCUT2D eigenvalue weighted by Crippen LogP contribution is 2.20. The molecule has 3 aromatic rings. The Morgan fingerprint density at radius 1 is 1.04 bits per heavy atom. The van der Waals surface area contributed by atoms with Crippen LogP contribution in [0.4, 0.5) is 16.2 Å². The molecule has 0 bridgehead atoms. The van der Waals surface area contributed by atoms with Crippen molar-refractivity contribution in [3.8, 4) is 5.82 Å². The molecule has 2 heterocycles. The van der Waals surface area contributed by atoms with E-state index in [0.717, 1.165) is 12.8 Å². The summed E-state index contributed by atoms with van der Waals surface area (Å²) in [5, 5.41) is 12.4. The molecule has 9 heteroatoms. The first-order chi connectivity index (χ1) is 13.2. The lowest BCUT2D eigenvalue weighted by molar-refractivity contribution is 0.102. The molecule has 0 unspecified atom stereocenters. The summed E-state index contributed by atoms with van der Waals surface area (Å²) in [6.45, 7) is 0. The zero-order chi connectivity index (χ0) is 18.6. The summed E-state index contributed by atoms with van der Waals surface area (Å²) in [5.74, 6) is 0.0725. The molecule has 1 aliphatic rings. The zero-order valence-corrected chi connectivity index (χ0v) is 14.3. The fraction of sp³-hybridized carbons (Fsp3) is 0.167. The third-order valence-electron chi connectivity index (χ3n) is 3.98. The topological polar surface area (TPSA) is 114 Å². The minimum absolute atomic E-state index is 0.220. The number of pyridine rings is 1. The summed E-state index contributed by atoms with van der Waals surface area (Å²) in [5.41, 5.74) is 1.62. The van der Waals surface area contributed by atoms with Gasteiger partial charge in [0, 0.05) is 23.6 Å². The van der Waals surface area contributed by atoms with Crippen LogP contribution in [0.3, 0.4) is 0 Å². The summed E-state index contributed by atoms with van der Waals surface area (Å²) < 4.78 is 1.43. The normalized spacial score (nSPS) is 13.0. The van der Waals surface area contributed by atoms with Crippen LogP contribution in [-0.4, -0.2) is 37.7 Å². The van der Waals surface area contributed by atoms with Gasteiger partial charge >= 0.3 is 6.03 Å². The highest BCUT2D eigenvalue weighted by molar-refractivity contribution is 6.06. The van der Waals surface area contributed by atoms with Crippen molar-refractivity contribution in [3.05, 3.63) is 60.8 Å². The van der Waals surface area contributed by atoms with Crippen molar-refractivity contribution < 1.29 is 9.59 Å². The van der Waals surface area contributed by atoms with E-state index < -0.39 is 0 Å². The van der Waals surface area contributed by atoms with Crippen LogP contribution in [0, 0.1) is 0 Å². The fourth-order valence-corrected chi connectivity index (χ4v) is 2.49. The average molecular weight is 363 g/mol. The third kappa shape index (κ3) is 4.09. The van der Waals surface area contributed by atoms with Gasteiger partial charge in [0.2, 0.25) is 0 Å². The van der Waals surface area contributed by atoms with Crippen LogP contribution < -0.4 is 16.0 Å². The first-order valence-electron chi connectivity index (χ1n) is 8.48. The molecule has 136 valence electrons. The van der Waals surface area contributed by atoms with E-state index in [9.17, 15) is 9.59 Å². The number of benzene rings is 1. The number of nitrogens with one attached hydrogen (secondary N) is 3. The van der Waals surface area contributed by atoms with E-state index in [0.29, 0.717) is 28.8 Å². The maximum Gasteiger partial charge on any atom is 0.319 e. The number of aromatic nitrogens is 4. The predicted octanol–water partition coefficient (Wildman–Crippen LogP) is 2.20. The highest BCUT2D eigenvalue weighted by atomic mass is 16.2. The Morgan fingerprint density at radius 3 is 2.44 bits per heavy atom. The quantitative estimate of drug-likeness (QED) is 0.643. The van der Waals surface area contributed by atoms with Crippen LogP contribution in [-0.2, 0) is 0 Å². The molecule has 1 aliphatic carbocycles. The van der Waals surface area contributed by atoms with E-state index in [-0.39, 0.29) is 11.9 Å². The average Bonchev–Trinajstić information content (AvgIpc) is 3.32. The second kappa shape index (κ2) is 7.24. The van der Waals surface area contributed by atoms with Crippen molar-refractivity contribution in [1.82, 2.24) is 25.1 Å². The van der Waals surface area contributed by atoms with Gasteiger partial charge < -0.3 is 16.0 Å². The van der Waals surface area contributed by atoms with Gasteiger partial charge in [-0.3, -0.25) is 4.79 Å². The molecule has 9 nitrogen and oxygen atoms in total. The molecule has 0 atom stereocenters. The standard InChI is InChI=1S/C18H17N7O2/c26-17(15-2-1-9-20-16(15)25-11-19-10-21-25)22-12-3-5-13(6-4-12)23-18(27)24-14-7-8-14/h1-6,9-11,14H,7-8H2,(H,22,26)(H2,23,24,27). The van der Waals surface area contributed by atoms with Gasteiger partial charge in [-0.2, -0.15) is 5.10 Å². The van der Waals surface area contributed by atoms with Gasteiger partial charge in [-0.1, -0.05) is 0 Å². The molecular formula is C18H17N7O2. The number of nitrogens with zero attached hydrogens (tertiary/aromatic N) is 4. The number of hydrogen-bond donors (Lipinski definition) is 3. The fourth-order valence-electron chi connectivity index (χ4n) is 2.49. The van der Waals surface area contributed by atoms with Gasteiger partial charge in [0.1, 0.15) is 12.7 Å². The monoisotopic (exact) mass is 363 g/mol. The van der Waals surface area contributed by atoms with Gasteiger partial charge in [-0.25, -0.2) is 19.4 Å². The summed E-state index contributed by atoms with van der Waals surface area (Å²) >= 11 is 0. The Hall–Kier alpha value is -3.75. The molecule has 1 aromatic carbocycles.